The molecule has 0 bridgehead atoms. The van der Waals surface area contributed by atoms with Gasteiger partial charge in [-0.25, -0.2) is 14.8 Å². The van der Waals surface area contributed by atoms with Crippen molar-refractivity contribution in [2.24, 2.45) is 0 Å². The summed E-state index contributed by atoms with van der Waals surface area (Å²) < 4.78 is 0. The fourth-order valence-electron chi connectivity index (χ4n) is 1.78. The average molecular weight is 277 g/mol. The van der Waals surface area contributed by atoms with Crippen LogP contribution in [0.2, 0.25) is 0 Å². The van der Waals surface area contributed by atoms with Gasteiger partial charge in [-0.1, -0.05) is 6.92 Å². The number of aromatic carboxylic acids is 1. The highest BCUT2D eigenvalue weighted by Gasteiger charge is 2.10. The monoisotopic (exact) mass is 277 g/mol. The summed E-state index contributed by atoms with van der Waals surface area (Å²) in [6, 6.07) is 3.20. The van der Waals surface area contributed by atoms with E-state index in [0.717, 1.165) is 17.2 Å². The van der Waals surface area contributed by atoms with Crippen molar-refractivity contribution in [3.63, 3.8) is 0 Å². The molecular formula is C13H15N3O2S. The second-order valence-corrected chi connectivity index (χ2v) is 5.34. The third-order valence-electron chi connectivity index (χ3n) is 2.78. The Morgan fingerprint density at radius 1 is 1.37 bits per heavy atom. The number of aromatic nitrogens is 2. The lowest BCUT2D eigenvalue weighted by Crippen LogP contribution is -2.03. The Morgan fingerprint density at radius 2 is 2.11 bits per heavy atom. The van der Waals surface area contributed by atoms with Crippen LogP contribution in [-0.2, 0) is 6.42 Å². The van der Waals surface area contributed by atoms with Gasteiger partial charge >= 0.3 is 5.97 Å². The molecule has 19 heavy (non-hydrogen) atoms. The number of anilines is 2. The number of aryl methyl sites for hydroxylation is 3. The summed E-state index contributed by atoms with van der Waals surface area (Å²) >= 11 is 1.57. The standard InChI is InChI=1S/C13H15N3O2S/c1-4-10-8(3)19-13(15-10)16-11-6-5-9(12(17)18)7(2)14-11/h5-6H,4H2,1-3H3,(H,17,18)(H,14,15,16). The molecule has 2 heterocycles. The van der Waals surface area contributed by atoms with E-state index in [-0.39, 0.29) is 5.56 Å². The van der Waals surface area contributed by atoms with Gasteiger partial charge < -0.3 is 10.4 Å². The van der Waals surface area contributed by atoms with Gasteiger partial charge in [0.1, 0.15) is 5.82 Å². The van der Waals surface area contributed by atoms with Gasteiger partial charge in [0, 0.05) is 4.88 Å². The first kappa shape index (κ1) is 13.5. The summed E-state index contributed by atoms with van der Waals surface area (Å²) in [5.74, 6) is -0.353. The Labute approximate surface area is 115 Å². The van der Waals surface area contributed by atoms with Crippen LogP contribution in [0.4, 0.5) is 10.9 Å². The van der Waals surface area contributed by atoms with Crippen LogP contribution in [0.3, 0.4) is 0 Å². The maximum atomic E-state index is 10.9. The molecule has 0 fully saturated rings. The molecule has 0 saturated heterocycles. The number of pyridine rings is 1. The van der Waals surface area contributed by atoms with Crippen LogP contribution in [0, 0.1) is 13.8 Å². The van der Waals surface area contributed by atoms with Crippen LogP contribution >= 0.6 is 11.3 Å². The maximum Gasteiger partial charge on any atom is 0.337 e. The Morgan fingerprint density at radius 3 is 2.63 bits per heavy atom. The van der Waals surface area contributed by atoms with E-state index in [1.54, 1.807) is 30.4 Å². The zero-order chi connectivity index (χ0) is 14.0. The van der Waals surface area contributed by atoms with Crippen LogP contribution in [-0.4, -0.2) is 21.0 Å². The number of nitrogens with zero attached hydrogens (tertiary/aromatic N) is 2. The molecule has 0 radical (unpaired) electrons. The molecule has 2 aromatic heterocycles. The molecule has 0 unspecified atom stereocenters. The number of hydrogen-bond acceptors (Lipinski definition) is 5. The van der Waals surface area contributed by atoms with Crippen molar-refractivity contribution in [3.05, 3.63) is 34.0 Å². The van der Waals surface area contributed by atoms with Gasteiger partial charge in [0.05, 0.1) is 17.0 Å². The summed E-state index contributed by atoms with van der Waals surface area (Å²) in [6.07, 6.45) is 0.897. The minimum atomic E-state index is -0.963. The largest absolute Gasteiger partial charge is 0.478 e. The van der Waals surface area contributed by atoms with Crippen molar-refractivity contribution in [1.82, 2.24) is 9.97 Å². The van der Waals surface area contributed by atoms with Crippen molar-refractivity contribution < 1.29 is 9.90 Å². The number of carbonyl (C=O) groups is 1. The SMILES string of the molecule is CCc1nc(Nc2ccc(C(=O)O)c(C)n2)sc1C. The van der Waals surface area contributed by atoms with E-state index in [9.17, 15) is 4.79 Å². The maximum absolute atomic E-state index is 10.9. The molecule has 2 N–H and O–H groups in total. The van der Waals surface area contributed by atoms with E-state index in [0.29, 0.717) is 11.5 Å². The van der Waals surface area contributed by atoms with Crippen LogP contribution in [0.25, 0.3) is 0 Å². The third-order valence-corrected chi connectivity index (χ3v) is 3.71. The first-order chi connectivity index (χ1) is 9.01. The van der Waals surface area contributed by atoms with Gasteiger partial charge in [-0.15, -0.1) is 11.3 Å². The number of nitrogens with one attached hydrogen (secondary N) is 1. The minimum absolute atomic E-state index is 0.218. The first-order valence-corrected chi connectivity index (χ1v) is 6.77. The number of thiazole rings is 1. The summed E-state index contributed by atoms with van der Waals surface area (Å²) in [6.45, 7) is 5.78. The van der Waals surface area contributed by atoms with Gasteiger partial charge in [0.2, 0.25) is 0 Å². The van der Waals surface area contributed by atoms with Gasteiger partial charge in [0.15, 0.2) is 5.13 Å². The third kappa shape index (κ3) is 2.90. The quantitative estimate of drug-likeness (QED) is 0.897. The summed E-state index contributed by atoms with van der Waals surface area (Å²) in [4.78, 5) is 20.8. The summed E-state index contributed by atoms with van der Waals surface area (Å²) in [5.41, 5.74) is 1.78. The minimum Gasteiger partial charge on any atom is -0.478 e. The molecule has 0 aliphatic carbocycles. The number of rotatable bonds is 4. The summed E-state index contributed by atoms with van der Waals surface area (Å²) in [5, 5.41) is 12.8. The van der Waals surface area contributed by atoms with Crippen molar-refractivity contribution in [3.8, 4) is 0 Å². The fourth-order valence-corrected chi connectivity index (χ4v) is 2.69. The zero-order valence-electron chi connectivity index (χ0n) is 11.0. The molecule has 0 amide bonds. The number of carboxylic acid groups (broad SMARTS) is 1. The number of carboxylic acids is 1. The highest BCUT2D eigenvalue weighted by molar-refractivity contribution is 7.15. The van der Waals surface area contributed by atoms with Crippen molar-refractivity contribution in [2.45, 2.75) is 27.2 Å². The molecular weight excluding hydrogens is 262 g/mol. The van der Waals surface area contributed by atoms with E-state index in [4.69, 9.17) is 5.11 Å². The highest BCUT2D eigenvalue weighted by atomic mass is 32.1. The molecule has 0 aliphatic rings. The van der Waals surface area contributed by atoms with E-state index in [2.05, 4.69) is 22.2 Å². The Hall–Kier alpha value is -1.95. The van der Waals surface area contributed by atoms with Crippen LogP contribution in [0.5, 0.6) is 0 Å². The van der Waals surface area contributed by atoms with Gasteiger partial charge in [-0.2, -0.15) is 0 Å². The van der Waals surface area contributed by atoms with E-state index in [1.807, 2.05) is 6.92 Å². The molecule has 5 nitrogen and oxygen atoms in total. The normalized spacial score (nSPS) is 10.5. The van der Waals surface area contributed by atoms with Crippen molar-refractivity contribution in [2.75, 3.05) is 5.32 Å². The van der Waals surface area contributed by atoms with Crippen molar-refractivity contribution in [1.29, 1.82) is 0 Å². The zero-order valence-corrected chi connectivity index (χ0v) is 11.8. The molecule has 6 heteroatoms. The lowest BCUT2D eigenvalue weighted by molar-refractivity contribution is 0.0695. The van der Waals surface area contributed by atoms with Crippen LogP contribution in [0.1, 0.15) is 33.5 Å². The van der Waals surface area contributed by atoms with E-state index in [1.165, 1.54) is 4.88 Å². The topological polar surface area (TPSA) is 75.1 Å². The molecule has 2 rings (SSSR count). The molecule has 100 valence electrons. The Balaban J connectivity index is 2.23. The van der Waals surface area contributed by atoms with E-state index >= 15 is 0 Å². The predicted molar refractivity (Wildman–Crippen MR) is 75.4 cm³/mol. The average Bonchev–Trinajstić information content (AvgIpc) is 2.69. The van der Waals surface area contributed by atoms with Crippen molar-refractivity contribution >= 4 is 28.3 Å². The lowest BCUT2D eigenvalue weighted by atomic mass is 10.2. The Bertz CT molecular complexity index is 622. The smallest absolute Gasteiger partial charge is 0.337 e. The molecule has 0 spiro atoms. The summed E-state index contributed by atoms with van der Waals surface area (Å²) in [7, 11) is 0. The molecule has 0 aliphatic heterocycles. The molecule has 0 saturated carbocycles. The van der Waals surface area contributed by atoms with Crippen LogP contribution in [0.15, 0.2) is 12.1 Å². The number of hydrogen-bond donors (Lipinski definition) is 2. The lowest BCUT2D eigenvalue weighted by Gasteiger charge is -2.04. The second-order valence-electron chi connectivity index (χ2n) is 4.14. The van der Waals surface area contributed by atoms with Gasteiger partial charge in [-0.3, -0.25) is 0 Å². The van der Waals surface area contributed by atoms with Gasteiger partial charge in [0.25, 0.3) is 0 Å². The Kier molecular flexibility index (Phi) is 3.80. The molecule has 0 aromatic carbocycles. The predicted octanol–water partition coefficient (Wildman–Crippen LogP) is 3.16. The van der Waals surface area contributed by atoms with Crippen LogP contribution < -0.4 is 5.32 Å². The molecule has 0 atom stereocenters. The second kappa shape index (κ2) is 5.36. The first-order valence-electron chi connectivity index (χ1n) is 5.95. The van der Waals surface area contributed by atoms with Gasteiger partial charge in [-0.05, 0) is 32.4 Å². The molecule has 2 aromatic rings. The van der Waals surface area contributed by atoms with E-state index < -0.39 is 5.97 Å². The highest BCUT2D eigenvalue weighted by Crippen LogP contribution is 2.25. The fraction of sp³-hybridized carbons (Fsp3) is 0.308.